The van der Waals surface area contributed by atoms with E-state index in [0.717, 1.165) is 56.6 Å². The zero-order chi connectivity index (χ0) is 19.9. The predicted molar refractivity (Wildman–Crippen MR) is 109 cm³/mol. The summed E-state index contributed by atoms with van der Waals surface area (Å²) in [6, 6.07) is 7.99. The Kier molecular flexibility index (Phi) is 4.89. The van der Waals surface area contributed by atoms with Crippen molar-refractivity contribution in [3.63, 3.8) is 0 Å². The van der Waals surface area contributed by atoms with Crippen LogP contribution in [0, 0.1) is 0 Å². The van der Waals surface area contributed by atoms with Gasteiger partial charge in [0.1, 0.15) is 11.9 Å². The van der Waals surface area contributed by atoms with Gasteiger partial charge in [-0.1, -0.05) is 45.0 Å². The Hall–Kier alpha value is -2.37. The zero-order valence-corrected chi connectivity index (χ0v) is 17.1. The minimum Gasteiger partial charge on any atom is -0.341 e. The fraction of sp³-hybridized carbons (Fsp3) is 0.591. The summed E-state index contributed by atoms with van der Waals surface area (Å²) in [5.74, 6) is 0.842. The van der Waals surface area contributed by atoms with Crippen molar-refractivity contribution in [3.8, 4) is 0 Å². The van der Waals surface area contributed by atoms with Gasteiger partial charge in [0.15, 0.2) is 0 Å². The van der Waals surface area contributed by atoms with Crippen LogP contribution in [-0.4, -0.2) is 38.2 Å². The molecule has 4 rings (SSSR count). The van der Waals surface area contributed by atoms with E-state index in [9.17, 15) is 9.59 Å². The number of amides is 1. The molecule has 0 bridgehead atoms. The van der Waals surface area contributed by atoms with E-state index in [0.29, 0.717) is 6.54 Å². The fourth-order valence-electron chi connectivity index (χ4n) is 4.30. The summed E-state index contributed by atoms with van der Waals surface area (Å²) in [5.41, 5.74) is 2.26. The van der Waals surface area contributed by atoms with Crippen LogP contribution in [0.3, 0.4) is 0 Å². The van der Waals surface area contributed by atoms with Gasteiger partial charge in [-0.3, -0.25) is 9.36 Å². The number of carbonyl (C=O) groups is 1. The van der Waals surface area contributed by atoms with Crippen molar-refractivity contribution in [2.75, 3.05) is 13.1 Å². The smallest absolute Gasteiger partial charge is 0.341 e. The molecule has 2 aliphatic rings. The molecule has 1 unspecified atom stereocenters. The van der Waals surface area contributed by atoms with Gasteiger partial charge >= 0.3 is 5.69 Å². The zero-order valence-electron chi connectivity index (χ0n) is 17.1. The highest BCUT2D eigenvalue weighted by Crippen LogP contribution is 2.26. The number of hydrogen-bond donors (Lipinski definition) is 0. The Morgan fingerprint density at radius 2 is 1.79 bits per heavy atom. The SMILES string of the molecule is CC(C)(C)c1ccc(Cn2nc3n(c2=O)C(C(=O)N2CCCC2)CCC3)cc1. The normalized spacial score (nSPS) is 19.7. The van der Waals surface area contributed by atoms with Crippen LogP contribution in [0.5, 0.6) is 0 Å². The van der Waals surface area contributed by atoms with Gasteiger partial charge in [-0.2, -0.15) is 5.10 Å². The van der Waals surface area contributed by atoms with E-state index in [1.165, 1.54) is 10.2 Å². The van der Waals surface area contributed by atoms with Gasteiger partial charge in [-0.25, -0.2) is 9.48 Å². The minimum atomic E-state index is -0.383. The minimum absolute atomic E-state index is 0.0923. The maximum absolute atomic E-state index is 13.1. The number of fused-ring (bicyclic) bond motifs is 1. The molecule has 1 saturated heterocycles. The third kappa shape index (κ3) is 3.52. The van der Waals surface area contributed by atoms with Crippen LogP contribution in [0.15, 0.2) is 29.1 Å². The van der Waals surface area contributed by atoms with E-state index in [2.05, 4.69) is 50.1 Å². The molecule has 0 radical (unpaired) electrons. The molecule has 1 amide bonds. The molecule has 6 heteroatoms. The van der Waals surface area contributed by atoms with Gasteiger partial charge in [0, 0.05) is 19.5 Å². The standard InChI is InChI=1S/C22H30N4O2/c1-22(2,3)17-11-9-16(10-12-17)15-25-21(28)26-18(7-6-8-19(26)23-25)20(27)24-13-4-5-14-24/h9-12,18H,4-8,13-15H2,1-3H3. The summed E-state index contributed by atoms with van der Waals surface area (Å²) < 4.78 is 3.19. The molecule has 3 heterocycles. The Bertz CT molecular complexity index is 911. The van der Waals surface area contributed by atoms with Crippen LogP contribution in [-0.2, 0) is 23.2 Å². The molecule has 0 saturated carbocycles. The molecule has 28 heavy (non-hydrogen) atoms. The molecule has 2 aromatic rings. The highest BCUT2D eigenvalue weighted by atomic mass is 16.2. The topological polar surface area (TPSA) is 60.1 Å². The average molecular weight is 383 g/mol. The summed E-state index contributed by atoms with van der Waals surface area (Å²) in [6.45, 7) is 8.63. The van der Waals surface area contributed by atoms with Crippen LogP contribution in [0.25, 0.3) is 0 Å². The van der Waals surface area contributed by atoms with Crippen LogP contribution >= 0.6 is 0 Å². The van der Waals surface area contributed by atoms with Crippen LogP contribution < -0.4 is 5.69 Å². The van der Waals surface area contributed by atoms with E-state index in [4.69, 9.17) is 0 Å². The Morgan fingerprint density at radius 3 is 2.43 bits per heavy atom. The molecule has 1 atom stereocenters. The van der Waals surface area contributed by atoms with Crippen LogP contribution in [0.2, 0.25) is 0 Å². The van der Waals surface area contributed by atoms with E-state index in [1.807, 2.05) is 4.90 Å². The highest BCUT2D eigenvalue weighted by Gasteiger charge is 2.34. The lowest BCUT2D eigenvalue weighted by Gasteiger charge is -2.27. The third-order valence-electron chi connectivity index (χ3n) is 5.99. The lowest BCUT2D eigenvalue weighted by Crippen LogP contribution is -2.41. The van der Waals surface area contributed by atoms with E-state index in [-0.39, 0.29) is 23.1 Å². The number of benzene rings is 1. The Labute approximate surface area is 166 Å². The summed E-state index contributed by atoms with van der Waals surface area (Å²) >= 11 is 0. The second kappa shape index (κ2) is 7.22. The number of aryl methyl sites for hydroxylation is 1. The van der Waals surface area contributed by atoms with Crippen molar-refractivity contribution in [1.29, 1.82) is 0 Å². The predicted octanol–water partition coefficient (Wildman–Crippen LogP) is 2.89. The first-order chi connectivity index (χ1) is 13.3. The average Bonchev–Trinajstić information content (AvgIpc) is 3.30. The second-order valence-corrected chi connectivity index (χ2v) is 9.11. The maximum atomic E-state index is 13.1. The second-order valence-electron chi connectivity index (χ2n) is 9.11. The number of rotatable bonds is 3. The Balaban J connectivity index is 1.59. The molecule has 1 fully saturated rings. The lowest BCUT2D eigenvalue weighted by atomic mass is 9.87. The number of nitrogens with zero attached hydrogens (tertiary/aromatic N) is 4. The van der Waals surface area contributed by atoms with E-state index in [1.54, 1.807) is 4.57 Å². The Morgan fingerprint density at radius 1 is 1.11 bits per heavy atom. The molecule has 1 aromatic carbocycles. The van der Waals surface area contributed by atoms with Crippen LogP contribution in [0.1, 0.15) is 69.4 Å². The lowest BCUT2D eigenvalue weighted by molar-refractivity contribution is -0.134. The first-order valence-corrected chi connectivity index (χ1v) is 10.4. The van der Waals surface area contributed by atoms with Crippen molar-refractivity contribution in [2.24, 2.45) is 0 Å². The van der Waals surface area contributed by atoms with E-state index >= 15 is 0 Å². The van der Waals surface area contributed by atoms with Crippen LogP contribution in [0.4, 0.5) is 0 Å². The highest BCUT2D eigenvalue weighted by molar-refractivity contribution is 5.80. The van der Waals surface area contributed by atoms with Gasteiger partial charge in [0.05, 0.1) is 6.54 Å². The first kappa shape index (κ1) is 19.0. The van der Waals surface area contributed by atoms with Crippen molar-refractivity contribution in [2.45, 2.75) is 70.9 Å². The van der Waals surface area contributed by atoms with E-state index < -0.39 is 0 Å². The number of carbonyl (C=O) groups excluding carboxylic acids is 1. The van der Waals surface area contributed by atoms with Crippen molar-refractivity contribution >= 4 is 5.91 Å². The molecule has 0 aliphatic carbocycles. The van der Waals surface area contributed by atoms with Crippen molar-refractivity contribution < 1.29 is 4.79 Å². The van der Waals surface area contributed by atoms with Gasteiger partial charge in [-0.15, -0.1) is 0 Å². The van der Waals surface area contributed by atoms with Gasteiger partial charge in [-0.05, 0) is 42.2 Å². The maximum Gasteiger partial charge on any atom is 0.346 e. The molecule has 6 nitrogen and oxygen atoms in total. The largest absolute Gasteiger partial charge is 0.346 e. The quantitative estimate of drug-likeness (QED) is 0.820. The summed E-state index contributed by atoms with van der Waals surface area (Å²) in [6.07, 6.45) is 4.51. The monoisotopic (exact) mass is 382 g/mol. The van der Waals surface area contributed by atoms with Crippen molar-refractivity contribution in [1.82, 2.24) is 19.2 Å². The molecule has 150 valence electrons. The molecule has 0 spiro atoms. The van der Waals surface area contributed by atoms with Crippen molar-refractivity contribution in [3.05, 3.63) is 51.7 Å². The summed E-state index contributed by atoms with van der Waals surface area (Å²) in [5, 5.41) is 4.57. The molecule has 2 aliphatic heterocycles. The number of aromatic nitrogens is 3. The van der Waals surface area contributed by atoms with Gasteiger partial charge in [0.2, 0.25) is 5.91 Å². The molecule has 0 N–H and O–H groups in total. The summed E-state index contributed by atoms with van der Waals surface area (Å²) in [7, 11) is 0. The van der Waals surface area contributed by atoms with Gasteiger partial charge in [0.25, 0.3) is 0 Å². The number of likely N-dealkylation sites (tertiary alicyclic amines) is 1. The summed E-state index contributed by atoms with van der Waals surface area (Å²) in [4.78, 5) is 27.9. The number of hydrogen-bond acceptors (Lipinski definition) is 3. The molecular weight excluding hydrogens is 352 g/mol. The molecular formula is C22H30N4O2. The third-order valence-corrected chi connectivity index (χ3v) is 5.99. The molecule has 1 aromatic heterocycles. The fourth-order valence-corrected chi connectivity index (χ4v) is 4.30. The first-order valence-electron chi connectivity index (χ1n) is 10.4. The van der Waals surface area contributed by atoms with Gasteiger partial charge < -0.3 is 4.90 Å².